The molecule has 178 valence electrons. The van der Waals surface area contributed by atoms with Gasteiger partial charge in [0.2, 0.25) is 5.34 Å². The Morgan fingerprint density at radius 1 is 0.733 bits per heavy atom. The highest BCUT2D eigenvalue weighted by atomic mass is 31.2. The van der Waals surface area contributed by atoms with Gasteiger partial charge < -0.3 is 19.4 Å². The zero-order valence-electron chi connectivity index (χ0n) is 20.1. The Balaban J connectivity index is 3.74. The summed E-state index contributed by atoms with van der Waals surface area (Å²) in [5.74, 6) is 0. The summed E-state index contributed by atoms with van der Waals surface area (Å²) in [6.45, 7) is 2.26. The van der Waals surface area contributed by atoms with E-state index in [1.165, 1.54) is 51.4 Å². The molecule has 0 radical (unpaired) electrons. The molecule has 0 aromatic heterocycles. The maximum absolute atomic E-state index is 11.8. The van der Waals surface area contributed by atoms with Gasteiger partial charge in [0.15, 0.2) is 0 Å². The number of aliphatic hydroxyl groups is 1. The van der Waals surface area contributed by atoms with Crippen LogP contribution in [-0.2, 0) is 4.57 Å². The summed E-state index contributed by atoms with van der Waals surface area (Å²) in [7, 11) is 0.940. The van der Waals surface area contributed by atoms with E-state index < -0.39 is 12.9 Å². The van der Waals surface area contributed by atoms with Crippen molar-refractivity contribution < 1.29 is 23.9 Å². The Labute approximate surface area is 186 Å². The highest BCUT2D eigenvalue weighted by Crippen LogP contribution is 2.52. The maximum atomic E-state index is 11.8. The van der Waals surface area contributed by atoms with Crippen LogP contribution in [-0.4, -0.2) is 52.4 Å². The molecule has 0 amide bonds. The molecule has 0 aromatic rings. The molecular formula is C24H49NO4P+. The predicted molar refractivity (Wildman–Crippen MR) is 128 cm³/mol. The summed E-state index contributed by atoms with van der Waals surface area (Å²) in [6, 6.07) is 0. The number of likely N-dealkylation sites (N-methyl/N-ethyl adjacent to an activating group) is 1. The molecule has 1 atom stereocenters. The van der Waals surface area contributed by atoms with Gasteiger partial charge in [0, 0.05) is 0 Å². The second-order valence-electron chi connectivity index (χ2n) is 9.65. The molecule has 1 unspecified atom stereocenters. The standard InChI is InChI=1S/C24H48NO4P/c1-5-6-7-8-9-10-11-12-13-14-15-16-17-18-19-20-21-22-24(26,30(27,28)29)23-25(2,3)4/h7-8,16-17,26H,5-6,9-15,18-23H2,1-4H3,(H-,27,28,29)/p+1/b8-7-,17-16-. The molecule has 30 heavy (non-hydrogen) atoms. The fourth-order valence-electron chi connectivity index (χ4n) is 3.62. The quantitative estimate of drug-likeness (QED) is 0.0962. The highest BCUT2D eigenvalue weighted by molar-refractivity contribution is 7.53. The van der Waals surface area contributed by atoms with Crippen molar-refractivity contribution in [2.75, 3.05) is 27.7 Å². The van der Waals surface area contributed by atoms with Crippen LogP contribution in [0, 0.1) is 0 Å². The molecule has 0 saturated heterocycles. The van der Waals surface area contributed by atoms with Crippen molar-refractivity contribution in [3.05, 3.63) is 24.3 Å². The van der Waals surface area contributed by atoms with Gasteiger partial charge in [-0.05, 0) is 57.8 Å². The van der Waals surface area contributed by atoms with Crippen LogP contribution in [0.2, 0.25) is 0 Å². The van der Waals surface area contributed by atoms with Crippen molar-refractivity contribution in [3.8, 4) is 0 Å². The van der Waals surface area contributed by atoms with Gasteiger partial charge in [-0.2, -0.15) is 0 Å². The van der Waals surface area contributed by atoms with E-state index >= 15 is 0 Å². The Morgan fingerprint density at radius 2 is 1.13 bits per heavy atom. The molecule has 0 rings (SSSR count). The van der Waals surface area contributed by atoms with Gasteiger partial charge in [-0.3, -0.25) is 4.57 Å². The van der Waals surface area contributed by atoms with E-state index in [-0.39, 0.29) is 13.0 Å². The van der Waals surface area contributed by atoms with Crippen LogP contribution in [0.25, 0.3) is 0 Å². The smallest absolute Gasteiger partial charge is 0.362 e. The van der Waals surface area contributed by atoms with Crippen LogP contribution >= 0.6 is 7.60 Å². The first-order valence-electron chi connectivity index (χ1n) is 11.9. The molecule has 6 heteroatoms. The van der Waals surface area contributed by atoms with E-state index in [2.05, 4.69) is 31.2 Å². The SMILES string of the molecule is CCC/C=C\CCCCCCC/C=C\CCCCCC(O)(C[N+](C)(C)C)P(=O)(O)O. The van der Waals surface area contributed by atoms with Crippen LogP contribution in [0.15, 0.2) is 24.3 Å². The fraction of sp³-hybridized carbons (Fsp3) is 0.833. The number of quaternary nitrogens is 1. The molecule has 0 aliphatic rings. The van der Waals surface area contributed by atoms with E-state index in [4.69, 9.17) is 0 Å². The third kappa shape index (κ3) is 16.3. The largest absolute Gasteiger partial charge is 0.373 e. The topological polar surface area (TPSA) is 77.8 Å². The summed E-state index contributed by atoms with van der Waals surface area (Å²) in [4.78, 5) is 19.1. The van der Waals surface area contributed by atoms with Gasteiger partial charge in [0.05, 0.1) is 21.1 Å². The molecule has 3 N–H and O–H groups in total. The molecule has 0 saturated carbocycles. The zero-order valence-corrected chi connectivity index (χ0v) is 21.0. The summed E-state index contributed by atoms with van der Waals surface area (Å²) in [5.41, 5.74) is 0. The molecule has 5 nitrogen and oxygen atoms in total. The average molecular weight is 447 g/mol. The molecular weight excluding hydrogens is 397 g/mol. The molecule has 0 bridgehead atoms. The van der Waals surface area contributed by atoms with Crippen molar-refractivity contribution in [1.82, 2.24) is 0 Å². The summed E-state index contributed by atoms with van der Waals surface area (Å²) < 4.78 is 12.1. The van der Waals surface area contributed by atoms with Crippen LogP contribution < -0.4 is 0 Å². The molecule has 0 aromatic carbocycles. The monoisotopic (exact) mass is 446 g/mol. The lowest BCUT2D eigenvalue weighted by molar-refractivity contribution is -0.875. The first kappa shape index (κ1) is 29.5. The average Bonchev–Trinajstić information content (AvgIpc) is 2.62. The molecule has 0 fully saturated rings. The first-order valence-corrected chi connectivity index (χ1v) is 13.5. The van der Waals surface area contributed by atoms with Crippen molar-refractivity contribution in [1.29, 1.82) is 0 Å². The van der Waals surface area contributed by atoms with Crippen molar-refractivity contribution in [3.63, 3.8) is 0 Å². The van der Waals surface area contributed by atoms with Crippen molar-refractivity contribution >= 4 is 7.60 Å². The number of hydrogen-bond acceptors (Lipinski definition) is 2. The lowest BCUT2D eigenvalue weighted by Gasteiger charge is -2.35. The van der Waals surface area contributed by atoms with Crippen molar-refractivity contribution in [2.24, 2.45) is 0 Å². The minimum atomic E-state index is -4.55. The van der Waals surface area contributed by atoms with Gasteiger partial charge in [-0.15, -0.1) is 0 Å². The minimum Gasteiger partial charge on any atom is -0.373 e. The lowest BCUT2D eigenvalue weighted by Crippen LogP contribution is -2.49. The van der Waals surface area contributed by atoms with Crippen LogP contribution in [0.3, 0.4) is 0 Å². The second kappa shape index (κ2) is 16.2. The third-order valence-corrected chi connectivity index (χ3v) is 6.70. The molecule has 0 heterocycles. The first-order chi connectivity index (χ1) is 14.0. The normalized spacial score (nSPS) is 15.3. The lowest BCUT2D eigenvalue weighted by atomic mass is 10.1. The molecule has 0 aliphatic heterocycles. The van der Waals surface area contributed by atoms with Gasteiger partial charge in [0.25, 0.3) is 0 Å². The number of nitrogens with zero attached hydrogens (tertiary/aromatic N) is 1. The maximum Gasteiger partial charge on any atom is 0.362 e. The minimum absolute atomic E-state index is 0.0484. The Morgan fingerprint density at radius 3 is 1.53 bits per heavy atom. The summed E-state index contributed by atoms with van der Waals surface area (Å²) in [6.07, 6.45) is 24.0. The second-order valence-corrected chi connectivity index (χ2v) is 11.6. The van der Waals surface area contributed by atoms with Crippen LogP contribution in [0.1, 0.15) is 96.8 Å². The van der Waals surface area contributed by atoms with Crippen LogP contribution in [0.4, 0.5) is 0 Å². The van der Waals surface area contributed by atoms with E-state index in [0.29, 0.717) is 10.9 Å². The number of unbranched alkanes of at least 4 members (excludes halogenated alkanes) is 10. The Bertz CT molecular complexity index is 522. The van der Waals surface area contributed by atoms with Gasteiger partial charge in [0.1, 0.15) is 6.54 Å². The van der Waals surface area contributed by atoms with E-state index in [1.54, 1.807) is 0 Å². The fourth-order valence-corrected chi connectivity index (χ4v) is 4.67. The number of rotatable bonds is 19. The molecule has 0 aliphatic carbocycles. The van der Waals surface area contributed by atoms with Gasteiger partial charge in [-0.25, -0.2) is 0 Å². The summed E-state index contributed by atoms with van der Waals surface area (Å²) in [5, 5.41) is 8.59. The number of hydrogen-bond donors (Lipinski definition) is 3. The van der Waals surface area contributed by atoms with E-state index in [1.807, 2.05) is 21.1 Å². The third-order valence-electron chi connectivity index (χ3n) is 5.25. The van der Waals surface area contributed by atoms with Crippen LogP contribution in [0.5, 0.6) is 0 Å². The highest BCUT2D eigenvalue weighted by Gasteiger charge is 2.48. The Hall–Kier alpha value is -0.450. The molecule has 0 spiro atoms. The van der Waals surface area contributed by atoms with E-state index in [0.717, 1.165) is 25.7 Å². The van der Waals surface area contributed by atoms with Crippen molar-refractivity contribution in [2.45, 2.75) is 102 Å². The number of allylic oxidation sites excluding steroid dienone is 4. The predicted octanol–water partition coefficient (Wildman–Crippen LogP) is 6.15. The summed E-state index contributed by atoms with van der Waals surface area (Å²) >= 11 is 0. The van der Waals surface area contributed by atoms with E-state index in [9.17, 15) is 19.5 Å². The Kier molecular flexibility index (Phi) is 16.0. The zero-order chi connectivity index (χ0) is 22.9. The van der Waals surface area contributed by atoms with Gasteiger partial charge in [-0.1, -0.05) is 63.3 Å². The van der Waals surface area contributed by atoms with Gasteiger partial charge >= 0.3 is 7.60 Å².